The fourth-order valence-corrected chi connectivity index (χ4v) is 3.55. The van der Waals surface area contributed by atoms with Crippen molar-refractivity contribution in [3.05, 3.63) is 46.5 Å². The summed E-state index contributed by atoms with van der Waals surface area (Å²) >= 11 is 0. The normalized spacial score (nSPS) is 23.7. The first-order valence-electron chi connectivity index (χ1n) is 10.2. The van der Waals surface area contributed by atoms with Crippen LogP contribution in [0.1, 0.15) is 66.7 Å². The molecule has 0 bridgehead atoms. The smallest absolute Gasteiger partial charge is 0.204 e. The molecule has 0 aromatic rings. The summed E-state index contributed by atoms with van der Waals surface area (Å²) in [5, 5.41) is 10.6. The van der Waals surface area contributed by atoms with Gasteiger partial charge < -0.3 is 14.6 Å². The number of ketones is 1. The van der Waals surface area contributed by atoms with Crippen molar-refractivity contribution < 1.29 is 19.4 Å². The largest absolute Gasteiger partial charge is 0.494 e. The van der Waals surface area contributed by atoms with Crippen molar-refractivity contribution in [1.29, 1.82) is 0 Å². The van der Waals surface area contributed by atoms with E-state index in [9.17, 15) is 9.90 Å². The predicted molar refractivity (Wildman–Crippen MR) is 115 cm³/mol. The summed E-state index contributed by atoms with van der Waals surface area (Å²) in [6, 6.07) is 0. The van der Waals surface area contributed by atoms with Crippen LogP contribution in [0.3, 0.4) is 0 Å². The van der Waals surface area contributed by atoms with Crippen LogP contribution in [0.25, 0.3) is 0 Å². The number of aliphatic hydroxyl groups is 1. The van der Waals surface area contributed by atoms with Crippen LogP contribution in [-0.2, 0) is 14.3 Å². The molecule has 158 valence electrons. The quantitative estimate of drug-likeness (QED) is 0.501. The third-order valence-electron chi connectivity index (χ3n) is 5.46. The highest BCUT2D eigenvalue weighted by molar-refractivity contribution is 5.97. The molecule has 4 heteroatoms. The maximum absolute atomic E-state index is 12.5. The van der Waals surface area contributed by atoms with E-state index in [-0.39, 0.29) is 29.1 Å². The minimum absolute atomic E-state index is 0.101. The van der Waals surface area contributed by atoms with Crippen LogP contribution in [0.2, 0.25) is 0 Å². The molecule has 1 N–H and O–H groups in total. The van der Waals surface area contributed by atoms with Gasteiger partial charge in [-0.05, 0) is 59.8 Å². The van der Waals surface area contributed by atoms with Gasteiger partial charge in [0, 0.05) is 11.8 Å². The Hall–Kier alpha value is -1.81. The molecular formula is C24H38O4. The van der Waals surface area contributed by atoms with Crippen LogP contribution in [0.4, 0.5) is 0 Å². The van der Waals surface area contributed by atoms with E-state index in [0.29, 0.717) is 6.42 Å². The highest BCUT2D eigenvalue weighted by Crippen LogP contribution is 2.35. The number of carbonyl (C=O) groups is 1. The molecule has 1 aliphatic rings. The van der Waals surface area contributed by atoms with Gasteiger partial charge in [-0.1, -0.05) is 41.9 Å². The average molecular weight is 391 g/mol. The molecule has 0 unspecified atom stereocenters. The highest BCUT2D eigenvalue weighted by Gasteiger charge is 2.42. The van der Waals surface area contributed by atoms with E-state index < -0.39 is 6.10 Å². The maximum atomic E-state index is 12.5. The minimum Gasteiger partial charge on any atom is -0.494 e. The Labute approximate surface area is 171 Å². The molecule has 0 fully saturated rings. The minimum atomic E-state index is -0.825. The first-order valence-corrected chi connectivity index (χ1v) is 10.2. The number of ether oxygens (including phenoxy) is 2. The lowest BCUT2D eigenvalue weighted by atomic mass is 9.77. The monoisotopic (exact) mass is 390 g/mol. The first kappa shape index (κ1) is 24.2. The van der Waals surface area contributed by atoms with E-state index in [1.54, 1.807) is 0 Å². The third-order valence-corrected chi connectivity index (χ3v) is 5.46. The molecule has 0 aromatic carbocycles. The molecule has 0 aromatic heterocycles. The lowest BCUT2D eigenvalue weighted by Crippen LogP contribution is -2.40. The number of hydrogen-bond donors (Lipinski definition) is 1. The standard InChI is InChI=1S/C24H38O4/c1-16(2)10-8-11-17(3)12-9-13-18(4)14-15-20-19(5)21(25)23(27-6)24(28-7)22(20)26/h10,12,14,19-20,22,26H,8-9,11,13,15H2,1-7H3/b17-12+,18-14+/t19-,20-,22+/m0/s1. The molecule has 0 saturated carbocycles. The topological polar surface area (TPSA) is 55.8 Å². The summed E-state index contributed by atoms with van der Waals surface area (Å²) in [5.41, 5.74) is 4.07. The second-order valence-corrected chi connectivity index (χ2v) is 8.06. The summed E-state index contributed by atoms with van der Waals surface area (Å²) in [5.74, 6) is -0.205. The van der Waals surface area contributed by atoms with Gasteiger partial charge in [0.05, 0.1) is 14.2 Å². The number of methoxy groups -OCH3 is 2. The van der Waals surface area contributed by atoms with Crippen molar-refractivity contribution in [2.75, 3.05) is 14.2 Å². The van der Waals surface area contributed by atoms with Crippen LogP contribution in [0.5, 0.6) is 0 Å². The molecule has 0 amide bonds. The summed E-state index contributed by atoms with van der Waals surface area (Å²) in [4.78, 5) is 12.5. The van der Waals surface area contributed by atoms with E-state index in [1.807, 2.05) is 6.92 Å². The van der Waals surface area contributed by atoms with E-state index in [1.165, 1.54) is 30.9 Å². The van der Waals surface area contributed by atoms with Crippen LogP contribution >= 0.6 is 0 Å². The fraction of sp³-hybridized carbons (Fsp3) is 0.625. The summed E-state index contributed by atoms with van der Waals surface area (Å²) in [6.07, 6.45) is 10.8. The molecule has 0 saturated heterocycles. The van der Waals surface area contributed by atoms with Gasteiger partial charge in [0.1, 0.15) is 6.10 Å². The number of hydrogen-bond acceptors (Lipinski definition) is 4. The lowest BCUT2D eigenvalue weighted by Gasteiger charge is -2.33. The van der Waals surface area contributed by atoms with Crippen molar-refractivity contribution in [3.8, 4) is 0 Å². The summed E-state index contributed by atoms with van der Waals surface area (Å²) in [7, 11) is 2.90. The molecule has 1 rings (SSSR count). The van der Waals surface area contributed by atoms with E-state index >= 15 is 0 Å². The predicted octanol–water partition coefficient (Wildman–Crippen LogP) is 5.50. The molecule has 0 radical (unpaired) electrons. The zero-order valence-corrected chi connectivity index (χ0v) is 18.7. The Morgan fingerprint density at radius 2 is 1.54 bits per heavy atom. The molecule has 28 heavy (non-hydrogen) atoms. The molecular weight excluding hydrogens is 352 g/mol. The molecule has 4 nitrogen and oxygen atoms in total. The maximum Gasteiger partial charge on any atom is 0.204 e. The van der Waals surface area contributed by atoms with Gasteiger partial charge in [-0.25, -0.2) is 0 Å². The van der Waals surface area contributed by atoms with Gasteiger partial charge in [0.25, 0.3) is 0 Å². The van der Waals surface area contributed by atoms with E-state index in [0.717, 1.165) is 25.7 Å². The SMILES string of the molecule is COC1=C(OC)[C@H](O)[C@@H](C/C=C(\C)CC/C=C(\C)CCC=C(C)C)[C@H](C)C1=O. The zero-order valence-electron chi connectivity index (χ0n) is 18.7. The Kier molecular flexibility index (Phi) is 10.3. The first-order chi connectivity index (χ1) is 13.2. The third kappa shape index (κ3) is 6.97. The van der Waals surface area contributed by atoms with Gasteiger partial charge >= 0.3 is 0 Å². The van der Waals surface area contributed by atoms with Gasteiger partial charge in [-0.15, -0.1) is 0 Å². The number of carbonyl (C=O) groups excluding carboxylic acids is 1. The van der Waals surface area contributed by atoms with Gasteiger partial charge in [-0.3, -0.25) is 4.79 Å². The van der Waals surface area contributed by atoms with Crippen molar-refractivity contribution in [2.45, 2.75) is 72.8 Å². The zero-order chi connectivity index (χ0) is 21.3. The Balaban J connectivity index is 2.64. The second-order valence-electron chi connectivity index (χ2n) is 8.06. The number of rotatable bonds is 10. The fourth-order valence-electron chi connectivity index (χ4n) is 3.55. The van der Waals surface area contributed by atoms with Crippen LogP contribution in [0.15, 0.2) is 46.5 Å². The summed E-state index contributed by atoms with van der Waals surface area (Å²) in [6.45, 7) is 10.4. The van der Waals surface area contributed by atoms with Crippen molar-refractivity contribution in [3.63, 3.8) is 0 Å². The number of aliphatic hydroxyl groups excluding tert-OH is 1. The van der Waals surface area contributed by atoms with Crippen LogP contribution in [0, 0.1) is 11.8 Å². The molecule has 0 heterocycles. The molecule has 0 spiro atoms. The summed E-state index contributed by atoms with van der Waals surface area (Å²) < 4.78 is 10.4. The Bertz CT molecular complexity index is 648. The Morgan fingerprint density at radius 3 is 2.07 bits per heavy atom. The highest BCUT2D eigenvalue weighted by atomic mass is 16.5. The van der Waals surface area contributed by atoms with Crippen molar-refractivity contribution in [2.24, 2.45) is 11.8 Å². The average Bonchev–Trinajstić information content (AvgIpc) is 2.64. The van der Waals surface area contributed by atoms with Crippen LogP contribution in [-0.4, -0.2) is 31.2 Å². The van der Waals surface area contributed by atoms with Gasteiger partial charge in [0.15, 0.2) is 5.76 Å². The molecule has 0 aliphatic heterocycles. The molecule has 3 atom stereocenters. The van der Waals surface area contributed by atoms with Gasteiger partial charge in [-0.2, -0.15) is 0 Å². The Morgan fingerprint density at radius 1 is 0.964 bits per heavy atom. The lowest BCUT2D eigenvalue weighted by molar-refractivity contribution is -0.128. The van der Waals surface area contributed by atoms with E-state index in [4.69, 9.17) is 9.47 Å². The van der Waals surface area contributed by atoms with Crippen molar-refractivity contribution in [1.82, 2.24) is 0 Å². The van der Waals surface area contributed by atoms with Gasteiger partial charge in [0.2, 0.25) is 11.5 Å². The molecule has 1 aliphatic carbocycles. The number of Topliss-reactive ketones (excluding diaryl/α,β-unsaturated/α-hetero) is 1. The van der Waals surface area contributed by atoms with Crippen LogP contribution < -0.4 is 0 Å². The second kappa shape index (κ2) is 11.9. The number of allylic oxidation sites excluding steroid dienone is 7. The van der Waals surface area contributed by atoms with E-state index in [2.05, 4.69) is 45.9 Å². The van der Waals surface area contributed by atoms with Crippen molar-refractivity contribution >= 4 is 5.78 Å².